The van der Waals surface area contributed by atoms with E-state index in [2.05, 4.69) is 34.7 Å². The molecular weight excluding hydrogens is 377 g/mol. The summed E-state index contributed by atoms with van der Waals surface area (Å²) < 4.78 is 15.5. The molecule has 0 atom stereocenters. The van der Waals surface area contributed by atoms with Crippen molar-refractivity contribution in [3.05, 3.63) is 58.7 Å². The lowest BCUT2D eigenvalue weighted by molar-refractivity contribution is 0.0908. The summed E-state index contributed by atoms with van der Waals surface area (Å²) >= 11 is 0. The second-order valence-corrected chi connectivity index (χ2v) is 9.10. The van der Waals surface area contributed by atoms with Gasteiger partial charge in [0.2, 0.25) is 0 Å². The monoisotopic (exact) mass is 411 g/mol. The molecule has 162 valence electrons. The number of hydrogen-bond donors (Lipinski definition) is 1. The predicted molar refractivity (Wildman–Crippen MR) is 118 cm³/mol. The molecule has 0 unspecified atom stereocenters. The van der Waals surface area contributed by atoms with Crippen LogP contribution in [-0.2, 0) is 6.54 Å². The van der Waals surface area contributed by atoms with Gasteiger partial charge in [-0.1, -0.05) is 31.4 Å². The van der Waals surface area contributed by atoms with E-state index in [1.54, 1.807) is 0 Å². The topological polar surface area (TPSA) is 37.3 Å². The highest BCUT2D eigenvalue weighted by atomic mass is 19.1. The zero-order valence-electron chi connectivity index (χ0n) is 18.3. The first kappa shape index (κ1) is 21.1. The van der Waals surface area contributed by atoms with Gasteiger partial charge in [0.15, 0.2) is 0 Å². The number of halogens is 1. The molecule has 30 heavy (non-hydrogen) atoms. The number of likely N-dealkylation sites (tertiary alicyclic amines) is 1. The van der Waals surface area contributed by atoms with Crippen molar-refractivity contribution in [2.75, 3.05) is 13.1 Å². The Balaban J connectivity index is 1.32. The van der Waals surface area contributed by atoms with Gasteiger partial charge in [-0.25, -0.2) is 4.39 Å². The molecule has 0 spiro atoms. The Bertz CT molecular complexity index is 859. The highest BCUT2D eigenvalue weighted by Gasteiger charge is 2.25. The number of hydrogen-bond acceptors (Lipinski definition) is 2. The van der Waals surface area contributed by atoms with Crippen molar-refractivity contribution >= 4 is 5.91 Å². The largest absolute Gasteiger partial charge is 0.349 e. The number of benzene rings is 1. The summed E-state index contributed by atoms with van der Waals surface area (Å²) in [4.78, 5) is 15.4. The SMILES string of the molecule is Cc1cc(C(=O)NC2CCN(Cc3ccc(F)cc3)CC2)c(C)n1C1CCCCC1. The summed E-state index contributed by atoms with van der Waals surface area (Å²) in [5.74, 6) is -0.120. The van der Waals surface area contributed by atoms with E-state index < -0.39 is 0 Å². The number of piperidine rings is 1. The van der Waals surface area contributed by atoms with Crippen LogP contribution < -0.4 is 5.32 Å². The normalized spacial score (nSPS) is 19.2. The Morgan fingerprint density at radius 2 is 1.70 bits per heavy atom. The molecule has 1 saturated heterocycles. The standard InChI is InChI=1S/C25H34FN3O/c1-18-16-24(19(2)29(18)23-6-4-3-5-7-23)25(30)27-22-12-14-28(15-13-22)17-20-8-10-21(26)11-9-20/h8-11,16,22-23H,3-7,12-15,17H2,1-2H3,(H,27,30). The lowest BCUT2D eigenvalue weighted by Crippen LogP contribution is -2.44. The quantitative estimate of drug-likeness (QED) is 0.739. The number of nitrogens with one attached hydrogen (secondary N) is 1. The highest BCUT2D eigenvalue weighted by Crippen LogP contribution is 2.32. The number of carbonyl (C=O) groups excluding carboxylic acids is 1. The highest BCUT2D eigenvalue weighted by molar-refractivity contribution is 5.95. The lowest BCUT2D eigenvalue weighted by Gasteiger charge is -2.32. The van der Waals surface area contributed by atoms with Crippen LogP contribution in [0.5, 0.6) is 0 Å². The first-order valence-corrected chi connectivity index (χ1v) is 11.5. The number of nitrogens with zero attached hydrogens (tertiary/aromatic N) is 2. The minimum atomic E-state index is -0.192. The molecule has 1 saturated carbocycles. The molecule has 2 aliphatic rings. The second-order valence-electron chi connectivity index (χ2n) is 9.10. The Labute approximate surface area is 179 Å². The molecule has 1 aromatic carbocycles. The average molecular weight is 412 g/mol. The van der Waals surface area contributed by atoms with Crippen LogP contribution in [0.1, 0.15) is 78.3 Å². The fourth-order valence-electron chi connectivity index (χ4n) is 5.25. The molecule has 4 nitrogen and oxygen atoms in total. The zero-order chi connectivity index (χ0) is 21.1. The minimum absolute atomic E-state index is 0.0714. The van der Waals surface area contributed by atoms with Gasteiger partial charge < -0.3 is 9.88 Å². The van der Waals surface area contributed by atoms with E-state index in [1.807, 2.05) is 12.1 Å². The third-order valence-corrected chi connectivity index (χ3v) is 6.91. The van der Waals surface area contributed by atoms with E-state index in [0.29, 0.717) is 6.04 Å². The molecule has 2 aromatic rings. The van der Waals surface area contributed by atoms with Crippen LogP contribution in [0.3, 0.4) is 0 Å². The molecule has 2 heterocycles. The second kappa shape index (κ2) is 9.34. The van der Waals surface area contributed by atoms with Gasteiger partial charge in [-0.3, -0.25) is 9.69 Å². The van der Waals surface area contributed by atoms with E-state index >= 15 is 0 Å². The Morgan fingerprint density at radius 3 is 2.37 bits per heavy atom. The van der Waals surface area contributed by atoms with Crippen molar-refractivity contribution < 1.29 is 9.18 Å². The van der Waals surface area contributed by atoms with Crippen LogP contribution in [-0.4, -0.2) is 34.5 Å². The number of aryl methyl sites for hydroxylation is 1. The van der Waals surface area contributed by atoms with Gasteiger partial charge in [-0.15, -0.1) is 0 Å². The molecule has 1 N–H and O–H groups in total. The maximum absolute atomic E-state index is 13.1. The van der Waals surface area contributed by atoms with Gasteiger partial charge >= 0.3 is 0 Å². The fourth-order valence-corrected chi connectivity index (χ4v) is 5.25. The Morgan fingerprint density at radius 1 is 1.03 bits per heavy atom. The van der Waals surface area contributed by atoms with Crippen molar-refractivity contribution in [2.45, 2.75) is 77.4 Å². The summed E-state index contributed by atoms with van der Waals surface area (Å²) in [6.07, 6.45) is 8.28. The maximum atomic E-state index is 13.1. The van der Waals surface area contributed by atoms with Crippen molar-refractivity contribution in [2.24, 2.45) is 0 Å². The third kappa shape index (κ3) is 4.77. The minimum Gasteiger partial charge on any atom is -0.349 e. The van der Waals surface area contributed by atoms with Gasteiger partial charge in [0, 0.05) is 43.1 Å². The molecular formula is C25H34FN3O. The van der Waals surface area contributed by atoms with Gasteiger partial charge in [0.1, 0.15) is 5.82 Å². The van der Waals surface area contributed by atoms with Crippen LogP contribution in [0.4, 0.5) is 4.39 Å². The van der Waals surface area contributed by atoms with Crippen LogP contribution >= 0.6 is 0 Å². The first-order chi connectivity index (χ1) is 14.5. The van der Waals surface area contributed by atoms with Gasteiger partial charge in [0.05, 0.1) is 5.56 Å². The number of carbonyl (C=O) groups is 1. The summed E-state index contributed by atoms with van der Waals surface area (Å²) in [5.41, 5.74) is 4.30. The summed E-state index contributed by atoms with van der Waals surface area (Å²) in [5, 5.41) is 3.28. The van der Waals surface area contributed by atoms with E-state index in [-0.39, 0.29) is 17.8 Å². The Kier molecular flexibility index (Phi) is 6.57. The molecule has 1 amide bonds. The maximum Gasteiger partial charge on any atom is 0.253 e. The molecule has 5 heteroatoms. The van der Waals surface area contributed by atoms with E-state index in [4.69, 9.17) is 0 Å². The lowest BCUT2D eigenvalue weighted by atomic mass is 9.95. The van der Waals surface area contributed by atoms with Crippen LogP contribution in [0.15, 0.2) is 30.3 Å². The molecule has 2 fully saturated rings. The number of amides is 1. The smallest absolute Gasteiger partial charge is 0.253 e. The van der Waals surface area contributed by atoms with Crippen LogP contribution in [0.25, 0.3) is 0 Å². The van der Waals surface area contributed by atoms with E-state index in [0.717, 1.165) is 49.3 Å². The summed E-state index contributed by atoms with van der Waals surface area (Å²) in [6, 6.07) is 9.59. The number of aromatic nitrogens is 1. The van der Waals surface area contributed by atoms with Crippen molar-refractivity contribution in [1.82, 2.24) is 14.8 Å². The Hall–Kier alpha value is -2.14. The average Bonchev–Trinajstić information content (AvgIpc) is 3.06. The zero-order valence-corrected chi connectivity index (χ0v) is 18.3. The van der Waals surface area contributed by atoms with E-state index in [1.165, 1.54) is 49.9 Å². The molecule has 1 aromatic heterocycles. The fraction of sp³-hybridized carbons (Fsp3) is 0.560. The first-order valence-electron chi connectivity index (χ1n) is 11.5. The van der Waals surface area contributed by atoms with Crippen molar-refractivity contribution in [1.29, 1.82) is 0 Å². The summed E-state index contributed by atoms with van der Waals surface area (Å²) in [6.45, 7) is 6.96. The molecule has 1 aliphatic carbocycles. The van der Waals surface area contributed by atoms with Crippen LogP contribution in [0.2, 0.25) is 0 Å². The molecule has 0 radical (unpaired) electrons. The predicted octanol–water partition coefficient (Wildman–Crippen LogP) is 5.14. The summed E-state index contributed by atoms with van der Waals surface area (Å²) in [7, 11) is 0. The van der Waals surface area contributed by atoms with Gasteiger partial charge in [-0.05, 0) is 63.3 Å². The van der Waals surface area contributed by atoms with Crippen molar-refractivity contribution in [3.63, 3.8) is 0 Å². The van der Waals surface area contributed by atoms with E-state index in [9.17, 15) is 9.18 Å². The molecule has 1 aliphatic heterocycles. The van der Waals surface area contributed by atoms with Crippen LogP contribution in [0, 0.1) is 19.7 Å². The third-order valence-electron chi connectivity index (χ3n) is 6.91. The van der Waals surface area contributed by atoms with Gasteiger partial charge in [-0.2, -0.15) is 0 Å². The molecule has 4 rings (SSSR count). The number of rotatable bonds is 5. The van der Waals surface area contributed by atoms with Crippen molar-refractivity contribution in [3.8, 4) is 0 Å². The molecule has 0 bridgehead atoms. The van der Waals surface area contributed by atoms with Gasteiger partial charge in [0.25, 0.3) is 5.91 Å².